The zero-order valence-corrected chi connectivity index (χ0v) is 17.0. The number of hydrogen-bond donors (Lipinski definition) is 0. The lowest BCUT2D eigenvalue weighted by atomic mass is 9.77. The van der Waals surface area contributed by atoms with Gasteiger partial charge in [0.15, 0.2) is 11.9 Å². The topological polar surface area (TPSA) is 29.5 Å². The summed E-state index contributed by atoms with van der Waals surface area (Å²) in [5.41, 5.74) is 0.721. The first kappa shape index (κ1) is 18.0. The van der Waals surface area contributed by atoms with Crippen molar-refractivity contribution in [2.24, 2.45) is 0 Å². The molecule has 0 N–H and O–H groups in total. The van der Waals surface area contributed by atoms with Gasteiger partial charge >= 0.3 is 0 Å². The Morgan fingerprint density at radius 2 is 1.88 bits per heavy atom. The van der Waals surface area contributed by atoms with Crippen LogP contribution in [0.2, 0.25) is 5.02 Å². The maximum absolute atomic E-state index is 13.7. The molecule has 1 fully saturated rings. The zero-order valence-electron chi connectivity index (χ0n) is 14.7. The summed E-state index contributed by atoms with van der Waals surface area (Å²) in [7, 11) is 0. The molecule has 2 aliphatic heterocycles. The molecule has 5 heteroatoms. The van der Waals surface area contributed by atoms with Crippen LogP contribution in [-0.2, 0) is 0 Å². The molecule has 2 aromatic carbocycles. The summed E-state index contributed by atoms with van der Waals surface area (Å²) in [5, 5.41) is 0.633. The number of carbonyl (C=O) groups is 1. The Morgan fingerprint density at radius 3 is 2.62 bits per heavy atom. The van der Waals surface area contributed by atoms with Crippen LogP contribution in [0.3, 0.4) is 0 Å². The molecule has 0 bridgehead atoms. The van der Waals surface area contributed by atoms with Gasteiger partial charge in [-0.05, 0) is 57.1 Å². The first-order chi connectivity index (χ1) is 12.5. The van der Waals surface area contributed by atoms with E-state index in [0.29, 0.717) is 16.3 Å². The molecule has 0 aliphatic carbocycles. The number of rotatable bonds is 2. The van der Waals surface area contributed by atoms with Crippen molar-refractivity contribution < 1.29 is 9.53 Å². The van der Waals surface area contributed by atoms with E-state index in [-0.39, 0.29) is 5.78 Å². The largest absolute Gasteiger partial charge is 0.482 e. The van der Waals surface area contributed by atoms with Gasteiger partial charge in [-0.3, -0.25) is 9.69 Å². The van der Waals surface area contributed by atoms with E-state index in [2.05, 4.69) is 20.8 Å². The number of piperidine rings is 1. The van der Waals surface area contributed by atoms with Crippen LogP contribution in [0.15, 0.2) is 46.9 Å². The van der Waals surface area contributed by atoms with Crippen molar-refractivity contribution in [2.75, 3.05) is 13.1 Å². The van der Waals surface area contributed by atoms with Gasteiger partial charge in [0.1, 0.15) is 11.3 Å². The van der Waals surface area contributed by atoms with Crippen molar-refractivity contribution in [1.29, 1.82) is 0 Å². The van der Waals surface area contributed by atoms with Gasteiger partial charge in [0.05, 0.1) is 5.56 Å². The molecule has 1 saturated heterocycles. The predicted octanol–water partition coefficient (Wildman–Crippen LogP) is 5.66. The van der Waals surface area contributed by atoms with E-state index >= 15 is 0 Å². The van der Waals surface area contributed by atoms with Crippen molar-refractivity contribution in [2.45, 2.75) is 37.8 Å². The van der Waals surface area contributed by atoms with Crippen molar-refractivity contribution in [1.82, 2.24) is 4.90 Å². The maximum atomic E-state index is 13.7. The molecule has 0 radical (unpaired) electrons. The van der Waals surface area contributed by atoms with E-state index in [1.165, 1.54) is 6.42 Å². The number of carbonyl (C=O) groups excluding carboxylic acids is 1. The summed E-state index contributed by atoms with van der Waals surface area (Å²) in [4.78, 5) is 16.0. The fourth-order valence-electron chi connectivity index (χ4n) is 4.14. The summed E-state index contributed by atoms with van der Waals surface area (Å²) < 4.78 is 7.31. The summed E-state index contributed by atoms with van der Waals surface area (Å²) in [6.45, 7) is 3.81. The lowest BCUT2D eigenvalue weighted by Crippen LogP contribution is -2.60. The highest BCUT2D eigenvalue weighted by atomic mass is 79.9. The molecule has 2 heterocycles. The minimum Gasteiger partial charge on any atom is -0.482 e. The Kier molecular flexibility index (Phi) is 4.84. The average molecular weight is 435 g/mol. The fourth-order valence-corrected chi connectivity index (χ4v) is 4.73. The standard InChI is InChI=1S/C21H21BrClNO2/c1-21(24-11-5-2-6-12-24)19(25)16-13-14(22)9-10-18(16)26-20(21)15-7-3-4-8-17(15)23/h3-4,7-10,13,20H,2,5-6,11-12H2,1H3/t20-,21+/m0/s1. The van der Waals surface area contributed by atoms with Gasteiger partial charge in [-0.1, -0.05) is 52.2 Å². The summed E-state index contributed by atoms with van der Waals surface area (Å²) in [6, 6.07) is 13.3. The van der Waals surface area contributed by atoms with Gasteiger partial charge in [0.2, 0.25) is 0 Å². The first-order valence-electron chi connectivity index (χ1n) is 9.02. The van der Waals surface area contributed by atoms with E-state index in [9.17, 15) is 4.79 Å². The second kappa shape index (κ2) is 6.99. The molecule has 0 spiro atoms. The monoisotopic (exact) mass is 433 g/mol. The zero-order chi connectivity index (χ0) is 18.3. The highest BCUT2D eigenvalue weighted by Crippen LogP contribution is 2.47. The fraction of sp³-hybridized carbons (Fsp3) is 0.381. The van der Waals surface area contributed by atoms with Crippen LogP contribution < -0.4 is 4.74 Å². The van der Waals surface area contributed by atoms with Gasteiger partial charge in [-0.2, -0.15) is 0 Å². The van der Waals surface area contributed by atoms with E-state index < -0.39 is 11.6 Å². The molecular weight excluding hydrogens is 414 g/mol. The number of Topliss-reactive ketones (excluding diaryl/α,β-unsaturated/α-hetero) is 1. The minimum atomic E-state index is -0.779. The lowest BCUT2D eigenvalue weighted by Gasteiger charge is -2.49. The molecule has 2 atom stereocenters. The van der Waals surface area contributed by atoms with Crippen LogP contribution in [0.4, 0.5) is 0 Å². The number of nitrogens with zero attached hydrogens (tertiary/aromatic N) is 1. The van der Waals surface area contributed by atoms with Crippen LogP contribution >= 0.6 is 27.5 Å². The van der Waals surface area contributed by atoms with E-state index in [1.807, 2.05) is 49.4 Å². The van der Waals surface area contributed by atoms with Crippen LogP contribution in [0, 0.1) is 0 Å². The van der Waals surface area contributed by atoms with Crippen LogP contribution in [0.25, 0.3) is 0 Å². The molecule has 2 aromatic rings. The smallest absolute Gasteiger partial charge is 0.190 e. The molecular formula is C21H21BrClNO2. The van der Waals surface area contributed by atoms with Gasteiger partial charge in [0.25, 0.3) is 0 Å². The summed E-state index contributed by atoms with van der Waals surface area (Å²) >= 11 is 9.99. The molecule has 0 unspecified atom stereocenters. The number of fused-ring (bicyclic) bond motifs is 1. The average Bonchev–Trinajstić information content (AvgIpc) is 2.66. The molecule has 136 valence electrons. The number of ketones is 1. The third-order valence-electron chi connectivity index (χ3n) is 5.60. The normalized spacial score (nSPS) is 26.3. The molecule has 0 aromatic heterocycles. The Labute approximate surface area is 167 Å². The van der Waals surface area contributed by atoms with Crippen molar-refractivity contribution >= 4 is 33.3 Å². The third kappa shape index (κ3) is 2.88. The number of ether oxygens (including phenoxy) is 1. The Morgan fingerprint density at radius 1 is 1.15 bits per heavy atom. The van der Waals surface area contributed by atoms with Crippen molar-refractivity contribution in [3.63, 3.8) is 0 Å². The molecule has 0 amide bonds. The first-order valence-corrected chi connectivity index (χ1v) is 10.2. The molecule has 26 heavy (non-hydrogen) atoms. The highest BCUT2D eigenvalue weighted by molar-refractivity contribution is 9.10. The highest BCUT2D eigenvalue weighted by Gasteiger charge is 2.53. The van der Waals surface area contributed by atoms with E-state index in [1.54, 1.807) is 0 Å². The molecule has 3 nitrogen and oxygen atoms in total. The molecule has 0 saturated carbocycles. The van der Waals surface area contributed by atoms with Crippen molar-refractivity contribution in [3.05, 3.63) is 63.1 Å². The van der Waals surface area contributed by atoms with Crippen molar-refractivity contribution in [3.8, 4) is 5.75 Å². The predicted molar refractivity (Wildman–Crippen MR) is 107 cm³/mol. The Balaban J connectivity index is 1.88. The number of benzene rings is 2. The number of likely N-dealkylation sites (tertiary alicyclic amines) is 1. The van der Waals surface area contributed by atoms with E-state index in [4.69, 9.17) is 16.3 Å². The van der Waals surface area contributed by atoms with Crippen LogP contribution in [0.1, 0.15) is 48.2 Å². The van der Waals surface area contributed by atoms with E-state index in [0.717, 1.165) is 36.0 Å². The second-order valence-electron chi connectivity index (χ2n) is 7.18. The second-order valence-corrected chi connectivity index (χ2v) is 8.51. The number of halogens is 2. The van der Waals surface area contributed by atoms with Gasteiger partial charge < -0.3 is 4.74 Å². The Hall–Kier alpha value is -1.36. The minimum absolute atomic E-state index is 0.104. The quantitative estimate of drug-likeness (QED) is 0.610. The van der Waals surface area contributed by atoms with Crippen LogP contribution in [-0.4, -0.2) is 29.3 Å². The van der Waals surface area contributed by atoms with Gasteiger partial charge in [-0.25, -0.2) is 0 Å². The van der Waals surface area contributed by atoms with Crippen LogP contribution in [0.5, 0.6) is 5.75 Å². The third-order valence-corrected chi connectivity index (χ3v) is 6.44. The SMILES string of the molecule is C[C@@]1(N2CCCCC2)C(=O)c2cc(Br)ccc2O[C@H]1c1ccccc1Cl. The number of hydrogen-bond acceptors (Lipinski definition) is 3. The molecule has 4 rings (SSSR count). The van der Waals surface area contributed by atoms with Gasteiger partial charge in [-0.15, -0.1) is 0 Å². The van der Waals surface area contributed by atoms with Gasteiger partial charge in [0, 0.05) is 15.1 Å². The molecule has 2 aliphatic rings. The maximum Gasteiger partial charge on any atom is 0.190 e. The Bertz CT molecular complexity index is 850. The summed E-state index contributed by atoms with van der Waals surface area (Å²) in [5.74, 6) is 0.726. The summed E-state index contributed by atoms with van der Waals surface area (Å²) in [6.07, 6.45) is 2.98. The lowest BCUT2D eigenvalue weighted by molar-refractivity contribution is -0.0154.